The fourth-order valence-electron chi connectivity index (χ4n) is 2.56. The first kappa shape index (κ1) is 17.9. The van der Waals surface area contributed by atoms with E-state index in [1.165, 1.54) is 30.0 Å². The van der Waals surface area contributed by atoms with Gasteiger partial charge in [-0.05, 0) is 12.1 Å². The van der Waals surface area contributed by atoms with Gasteiger partial charge in [0.1, 0.15) is 11.6 Å². The summed E-state index contributed by atoms with van der Waals surface area (Å²) < 4.78 is 13.8. The van der Waals surface area contributed by atoms with Crippen LogP contribution in [0.3, 0.4) is 0 Å². The maximum atomic E-state index is 13.8. The quantitative estimate of drug-likeness (QED) is 0.423. The Morgan fingerprint density at radius 2 is 2.19 bits per heavy atom. The Labute approximate surface area is 152 Å². The van der Waals surface area contributed by atoms with Crippen LogP contribution in [0.15, 0.2) is 46.9 Å². The summed E-state index contributed by atoms with van der Waals surface area (Å²) in [4.78, 5) is 43.8. The van der Waals surface area contributed by atoms with Crippen molar-refractivity contribution in [1.29, 1.82) is 0 Å². The largest absolute Gasteiger partial charge is 0.323 e. The molecule has 1 aliphatic heterocycles. The summed E-state index contributed by atoms with van der Waals surface area (Å²) in [6, 6.07) is 5.66. The van der Waals surface area contributed by atoms with E-state index in [4.69, 9.17) is 0 Å². The molecule has 0 saturated carbocycles. The highest BCUT2D eigenvalue weighted by atomic mass is 32.2. The third-order valence-corrected chi connectivity index (χ3v) is 4.58. The van der Waals surface area contributed by atoms with Crippen molar-refractivity contribution in [3.8, 4) is 0 Å². The number of amides is 2. The molecule has 0 unspecified atom stereocenters. The molecular formula is C17H15FN4O3S. The van der Waals surface area contributed by atoms with E-state index in [0.717, 1.165) is 0 Å². The molecule has 0 saturated heterocycles. The maximum Gasteiger partial charge on any atom is 0.257 e. The van der Waals surface area contributed by atoms with Gasteiger partial charge in [0.15, 0.2) is 5.16 Å². The molecule has 1 aromatic carbocycles. The number of carbonyl (C=O) groups excluding carboxylic acids is 2. The molecule has 7 nitrogen and oxygen atoms in total. The van der Waals surface area contributed by atoms with E-state index in [1.807, 2.05) is 0 Å². The van der Waals surface area contributed by atoms with Crippen molar-refractivity contribution in [3.63, 3.8) is 0 Å². The fourth-order valence-corrected chi connectivity index (χ4v) is 3.16. The molecule has 0 radical (unpaired) electrons. The number of hydrogen-bond donors (Lipinski definition) is 3. The average molecular weight is 374 g/mol. The molecule has 1 aliphatic rings. The molecule has 134 valence electrons. The lowest BCUT2D eigenvalue weighted by molar-refractivity contribution is -0.123. The predicted octanol–water partition coefficient (Wildman–Crippen LogP) is 2.25. The fraction of sp³-hybridized carbons (Fsp3) is 0.176. The monoisotopic (exact) mass is 374 g/mol. The minimum atomic E-state index is -1.06. The summed E-state index contributed by atoms with van der Waals surface area (Å²) in [6.45, 7) is 3.59. The van der Waals surface area contributed by atoms with Gasteiger partial charge in [0.2, 0.25) is 11.8 Å². The molecule has 2 aromatic rings. The molecule has 1 aromatic heterocycles. The van der Waals surface area contributed by atoms with Crippen LogP contribution in [0.4, 0.5) is 15.9 Å². The molecule has 1 atom stereocenters. The highest BCUT2D eigenvalue weighted by Gasteiger charge is 2.35. The smallest absolute Gasteiger partial charge is 0.257 e. The molecule has 0 aliphatic carbocycles. The number of H-pyrrole nitrogens is 1. The van der Waals surface area contributed by atoms with Gasteiger partial charge in [-0.2, -0.15) is 0 Å². The summed E-state index contributed by atoms with van der Waals surface area (Å²) in [5.74, 6) is -2.19. The number of fused-ring (bicyclic) bond motifs is 1. The predicted molar refractivity (Wildman–Crippen MR) is 96.8 cm³/mol. The Kier molecular flexibility index (Phi) is 5.17. The molecular weight excluding hydrogens is 359 g/mol. The van der Waals surface area contributed by atoms with Gasteiger partial charge in [-0.25, -0.2) is 9.37 Å². The lowest BCUT2D eigenvalue weighted by Crippen LogP contribution is -2.36. The second-order valence-electron chi connectivity index (χ2n) is 5.51. The Balaban J connectivity index is 1.94. The number of carbonyl (C=O) groups is 2. The van der Waals surface area contributed by atoms with Crippen LogP contribution in [0.1, 0.15) is 17.9 Å². The number of aromatic nitrogens is 2. The molecule has 3 N–H and O–H groups in total. The summed E-state index contributed by atoms with van der Waals surface area (Å²) >= 11 is 1.24. The third-order valence-electron chi connectivity index (χ3n) is 3.72. The van der Waals surface area contributed by atoms with Crippen molar-refractivity contribution in [2.24, 2.45) is 0 Å². The number of thioether (sulfide) groups is 1. The van der Waals surface area contributed by atoms with Gasteiger partial charge in [0.25, 0.3) is 5.56 Å². The lowest BCUT2D eigenvalue weighted by atomic mass is 9.92. The van der Waals surface area contributed by atoms with E-state index in [9.17, 15) is 18.8 Å². The van der Waals surface area contributed by atoms with Gasteiger partial charge < -0.3 is 15.6 Å². The highest BCUT2D eigenvalue weighted by Crippen LogP contribution is 2.30. The number of benzene rings is 1. The number of aromatic amines is 1. The first-order valence-electron chi connectivity index (χ1n) is 7.72. The topological polar surface area (TPSA) is 104 Å². The van der Waals surface area contributed by atoms with Crippen LogP contribution in [-0.4, -0.2) is 27.5 Å². The minimum Gasteiger partial charge on any atom is -0.323 e. The van der Waals surface area contributed by atoms with Gasteiger partial charge in [0, 0.05) is 12.2 Å². The second-order valence-corrected chi connectivity index (χ2v) is 6.52. The lowest BCUT2D eigenvalue weighted by Gasteiger charge is -2.23. The van der Waals surface area contributed by atoms with Crippen LogP contribution >= 0.6 is 11.8 Å². The van der Waals surface area contributed by atoms with E-state index in [-0.39, 0.29) is 23.5 Å². The standard InChI is InChI=1S/C17H15FN4O3S/c1-2-7-26-17-21-14-13(16(25)22-17)9(8-12(23)20-14)15(24)19-11-6-4-3-5-10(11)18/h2-6,9H,1,7-8H2,(H,19,24)(H2,20,21,22,23,25)/t9-/m0/s1. The number of para-hydroxylation sites is 1. The number of halogens is 1. The van der Waals surface area contributed by atoms with Crippen molar-refractivity contribution in [1.82, 2.24) is 9.97 Å². The third kappa shape index (κ3) is 3.67. The van der Waals surface area contributed by atoms with E-state index < -0.39 is 29.1 Å². The van der Waals surface area contributed by atoms with Gasteiger partial charge >= 0.3 is 0 Å². The van der Waals surface area contributed by atoms with E-state index >= 15 is 0 Å². The molecule has 26 heavy (non-hydrogen) atoms. The second kappa shape index (κ2) is 7.52. The van der Waals surface area contributed by atoms with Crippen LogP contribution in [0.25, 0.3) is 0 Å². The molecule has 2 heterocycles. The highest BCUT2D eigenvalue weighted by molar-refractivity contribution is 7.99. The Bertz CT molecular complexity index is 944. The van der Waals surface area contributed by atoms with Crippen LogP contribution in [0, 0.1) is 5.82 Å². The van der Waals surface area contributed by atoms with Gasteiger partial charge in [0.05, 0.1) is 17.2 Å². The number of hydrogen-bond acceptors (Lipinski definition) is 5. The van der Waals surface area contributed by atoms with E-state index in [2.05, 4.69) is 27.2 Å². The van der Waals surface area contributed by atoms with Crippen molar-refractivity contribution in [2.45, 2.75) is 17.5 Å². The molecule has 0 bridgehead atoms. The SMILES string of the molecule is C=CCSc1nc2c(c(=O)[nH]1)[C@@H](C(=O)Nc1ccccc1F)CC(=O)N2. The molecule has 0 fully saturated rings. The minimum absolute atomic E-state index is 0.0208. The van der Waals surface area contributed by atoms with E-state index in [1.54, 1.807) is 12.1 Å². The Morgan fingerprint density at radius 1 is 1.42 bits per heavy atom. The first-order chi connectivity index (χ1) is 12.5. The summed E-state index contributed by atoms with van der Waals surface area (Å²) in [6.07, 6.45) is 1.42. The van der Waals surface area contributed by atoms with Crippen LogP contribution in [0.2, 0.25) is 0 Å². The maximum absolute atomic E-state index is 13.8. The van der Waals surface area contributed by atoms with Gasteiger partial charge in [-0.1, -0.05) is 30.0 Å². The van der Waals surface area contributed by atoms with Crippen molar-refractivity contribution in [3.05, 3.63) is 58.7 Å². The van der Waals surface area contributed by atoms with Crippen LogP contribution in [0.5, 0.6) is 0 Å². The Morgan fingerprint density at radius 3 is 2.92 bits per heavy atom. The van der Waals surface area contributed by atoms with Crippen molar-refractivity contribution < 1.29 is 14.0 Å². The number of nitrogens with zero attached hydrogens (tertiary/aromatic N) is 1. The van der Waals surface area contributed by atoms with E-state index in [0.29, 0.717) is 10.9 Å². The summed E-state index contributed by atoms with van der Waals surface area (Å²) in [5, 5.41) is 5.25. The zero-order chi connectivity index (χ0) is 18.7. The summed E-state index contributed by atoms with van der Waals surface area (Å²) in [5.41, 5.74) is -0.482. The van der Waals surface area contributed by atoms with Gasteiger partial charge in [-0.3, -0.25) is 14.4 Å². The number of rotatable bonds is 5. The Hall–Kier alpha value is -2.94. The van der Waals surface area contributed by atoms with Crippen molar-refractivity contribution in [2.75, 3.05) is 16.4 Å². The molecule has 0 spiro atoms. The molecule has 9 heteroatoms. The summed E-state index contributed by atoms with van der Waals surface area (Å²) in [7, 11) is 0. The van der Waals surface area contributed by atoms with Crippen LogP contribution < -0.4 is 16.2 Å². The first-order valence-corrected chi connectivity index (χ1v) is 8.71. The molecule has 2 amide bonds. The zero-order valence-electron chi connectivity index (χ0n) is 13.5. The van der Waals surface area contributed by atoms with Crippen LogP contribution in [-0.2, 0) is 9.59 Å². The number of nitrogens with one attached hydrogen (secondary N) is 3. The van der Waals surface area contributed by atoms with Crippen molar-refractivity contribution >= 4 is 35.1 Å². The zero-order valence-corrected chi connectivity index (χ0v) is 14.4. The average Bonchev–Trinajstić information content (AvgIpc) is 2.60. The normalized spacial score (nSPS) is 15.7. The van der Waals surface area contributed by atoms with Gasteiger partial charge in [-0.15, -0.1) is 6.58 Å². The molecule has 3 rings (SSSR count). The number of anilines is 2.